The van der Waals surface area contributed by atoms with Crippen molar-refractivity contribution >= 4 is 11.9 Å². The average Bonchev–Trinajstić information content (AvgIpc) is 3.17. The molecule has 0 spiro atoms. The van der Waals surface area contributed by atoms with Gasteiger partial charge < -0.3 is 19.5 Å². The van der Waals surface area contributed by atoms with Crippen molar-refractivity contribution in [1.82, 2.24) is 15.1 Å². The maximum Gasteiger partial charge on any atom is 0.321 e. The number of hydrogen-bond acceptors (Lipinski definition) is 3. The molecule has 21 heavy (non-hydrogen) atoms. The molecule has 0 unspecified atom stereocenters. The molecule has 6 nitrogen and oxygen atoms in total. The van der Waals surface area contributed by atoms with Crippen LogP contribution in [0.25, 0.3) is 0 Å². The maximum absolute atomic E-state index is 12.1. The van der Waals surface area contributed by atoms with Crippen LogP contribution >= 0.6 is 0 Å². The van der Waals surface area contributed by atoms with Crippen LogP contribution in [0.5, 0.6) is 0 Å². The molecule has 0 aromatic carbocycles. The normalized spacial score (nSPS) is 19.0. The molecule has 0 atom stereocenters. The number of amides is 3. The summed E-state index contributed by atoms with van der Waals surface area (Å²) in [6, 6.07) is 3.25. The first-order valence-corrected chi connectivity index (χ1v) is 7.29. The van der Waals surface area contributed by atoms with Crippen LogP contribution in [0, 0.1) is 5.92 Å². The second-order valence-corrected chi connectivity index (χ2v) is 5.40. The predicted molar refractivity (Wildman–Crippen MR) is 76.6 cm³/mol. The van der Waals surface area contributed by atoms with Gasteiger partial charge in [0.2, 0.25) is 0 Å². The van der Waals surface area contributed by atoms with Crippen molar-refractivity contribution in [3.05, 3.63) is 36.4 Å². The second-order valence-electron chi connectivity index (χ2n) is 5.40. The second kappa shape index (κ2) is 6.03. The van der Waals surface area contributed by atoms with Gasteiger partial charge in [0.15, 0.2) is 5.76 Å². The molecule has 1 aromatic heterocycles. The van der Waals surface area contributed by atoms with Crippen molar-refractivity contribution in [1.29, 1.82) is 0 Å². The number of furan rings is 1. The minimum atomic E-state index is -0.117. The number of nitrogens with one attached hydrogen (secondary N) is 1. The molecule has 2 heterocycles. The minimum absolute atomic E-state index is 0.100. The largest absolute Gasteiger partial charge is 0.459 e. The lowest BCUT2D eigenvalue weighted by atomic mass is 10.3. The Kier molecular flexibility index (Phi) is 3.94. The Bertz CT molecular complexity index is 526. The Labute approximate surface area is 123 Å². The number of allylic oxidation sites excluding steroid dienone is 1. The molecular formula is C15H19N3O3. The van der Waals surface area contributed by atoms with E-state index in [0.717, 1.165) is 0 Å². The van der Waals surface area contributed by atoms with E-state index >= 15 is 0 Å². The Morgan fingerprint density at radius 2 is 1.90 bits per heavy atom. The minimum Gasteiger partial charge on any atom is -0.459 e. The van der Waals surface area contributed by atoms with Crippen LogP contribution in [0.4, 0.5) is 4.79 Å². The molecule has 112 valence electrons. The van der Waals surface area contributed by atoms with Crippen molar-refractivity contribution in [2.75, 3.05) is 26.2 Å². The Morgan fingerprint density at radius 3 is 2.52 bits per heavy atom. The topological polar surface area (TPSA) is 65.8 Å². The van der Waals surface area contributed by atoms with Gasteiger partial charge in [-0.3, -0.25) is 4.79 Å². The summed E-state index contributed by atoms with van der Waals surface area (Å²) >= 11 is 0. The lowest BCUT2D eigenvalue weighted by Crippen LogP contribution is -2.52. The van der Waals surface area contributed by atoms with Crippen LogP contribution in [0.1, 0.15) is 23.4 Å². The molecule has 2 aliphatic rings. The van der Waals surface area contributed by atoms with E-state index in [1.165, 1.54) is 19.1 Å². The van der Waals surface area contributed by atoms with Gasteiger partial charge in [-0.15, -0.1) is 0 Å². The van der Waals surface area contributed by atoms with Gasteiger partial charge in [-0.05, 0) is 30.9 Å². The average molecular weight is 289 g/mol. The van der Waals surface area contributed by atoms with Crippen molar-refractivity contribution < 1.29 is 14.0 Å². The molecule has 0 bridgehead atoms. The summed E-state index contributed by atoms with van der Waals surface area (Å²) in [4.78, 5) is 27.5. The van der Waals surface area contributed by atoms with Gasteiger partial charge in [0.05, 0.1) is 6.26 Å². The first kappa shape index (κ1) is 13.7. The van der Waals surface area contributed by atoms with Crippen LogP contribution < -0.4 is 5.32 Å². The summed E-state index contributed by atoms with van der Waals surface area (Å²) < 4.78 is 5.11. The number of piperazine rings is 1. The van der Waals surface area contributed by atoms with E-state index in [2.05, 4.69) is 5.32 Å². The molecule has 1 aliphatic heterocycles. The molecular weight excluding hydrogens is 270 g/mol. The van der Waals surface area contributed by atoms with Crippen LogP contribution in [0.2, 0.25) is 0 Å². The van der Waals surface area contributed by atoms with E-state index in [-0.39, 0.29) is 11.9 Å². The number of nitrogens with zero attached hydrogens (tertiary/aromatic N) is 2. The Hall–Kier alpha value is -2.24. The maximum atomic E-state index is 12.1. The third kappa shape index (κ3) is 3.45. The van der Waals surface area contributed by atoms with Crippen LogP contribution in [0.3, 0.4) is 0 Å². The van der Waals surface area contributed by atoms with Crippen molar-refractivity contribution in [2.45, 2.75) is 12.8 Å². The van der Waals surface area contributed by atoms with E-state index in [4.69, 9.17) is 4.42 Å². The molecule has 1 saturated heterocycles. The van der Waals surface area contributed by atoms with E-state index in [9.17, 15) is 9.59 Å². The van der Waals surface area contributed by atoms with Gasteiger partial charge >= 0.3 is 6.03 Å². The quantitative estimate of drug-likeness (QED) is 0.920. The highest BCUT2D eigenvalue weighted by atomic mass is 16.3. The molecule has 2 fully saturated rings. The number of rotatable bonds is 3. The summed E-state index contributed by atoms with van der Waals surface area (Å²) in [5.41, 5.74) is 0. The first-order chi connectivity index (χ1) is 10.2. The van der Waals surface area contributed by atoms with Crippen molar-refractivity contribution in [3.63, 3.8) is 0 Å². The molecule has 1 saturated carbocycles. The number of carbonyl (C=O) groups is 2. The van der Waals surface area contributed by atoms with Crippen LogP contribution in [0.15, 0.2) is 35.1 Å². The highest BCUT2D eigenvalue weighted by molar-refractivity contribution is 5.91. The zero-order chi connectivity index (χ0) is 14.7. The van der Waals surface area contributed by atoms with Crippen molar-refractivity contribution in [3.8, 4) is 0 Å². The van der Waals surface area contributed by atoms with Gasteiger partial charge in [-0.25, -0.2) is 4.79 Å². The monoisotopic (exact) mass is 289 g/mol. The summed E-state index contributed by atoms with van der Waals surface area (Å²) in [6.07, 6.45) is 7.71. The fourth-order valence-corrected chi connectivity index (χ4v) is 2.30. The highest BCUT2D eigenvalue weighted by Crippen LogP contribution is 2.29. The number of urea groups is 1. The first-order valence-electron chi connectivity index (χ1n) is 7.29. The van der Waals surface area contributed by atoms with Gasteiger partial charge in [0.25, 0.3) is 5.91 Å². The summed E-state index contributed by atoms with van der Waals surface area (Å²) in [5, 5.41) is 2.78. The molecule has 0 radical (unpaired) electrons. The Balaban J connectivity index is 1.45. The van der Waals surface area contributed by atoms with Gasteiger partial charge in [0.1, 0.15) is 0 Å². The van der Waals surface area contributed by atoms with Gasteiger partial charge in [-0.1, -0.05) is 6.08 Å². The smallest absolute Gasteiger partial charge is 0.321 e. The van der Waals surface area contributed by atoms with Gasteiger partial charge in [0, 0.05) is 32.4 Å². The molecule has 1 aliphatic carbocycles. The van der Waals surface area contributed by atoms with Gasteiger partial charge in [-0.2, -0.15) is 0 Å². The van der Waals surface area contributed by atoms with E-state index in [1.807, 2.05) is 6.08 Å². The van der Waals surface area contributed by atoms with Crippen LogP contribution in [-0.2, 0) is 0 Å². The zero-order valence-electron chi connectivity index (χ0n) is 11.8. The third-order valence-corrected chi connectivity index (χ3v) is 3.78. The zero-order valence-corrected chi connectivity index (χ0v) is 11.8. The fourth-order valence-electron chi connectivity index (χ4n) is 2.30. The molecule has 3 rings (SSSR count). The Morgan fingerprint density at radius 1 is 1.19 bits per heavy atom. The SMILES string of the molecule is O=C(N/C=C/C1CC1)N1CCN(C(=O)c2ccco2)CC1. The van der Waals surface area contributed by atoms with E-state index in [0.29, 0.717) is 37.9 Å². The lowest BCUT2D eigenvalue weighted by molar-refractivity contribution is 0.0636. The number of carbonyl (C=O) groups excluding carboxylic acids is 2. The standard InChI is InChI=1S/C15H19N3O3/c19-14(13-2-1-11-21-13)17-7-9-18(10-8-17)15(20)16-6-5-12-3-4-12/h1-2,5-6,11-12H,3-4,7-10H2,(H,16,20)/b6-5+. The molecule has 1 aromatic rings. The fraction of sp³-hybridized carbons (Fsp3) is 0.467. The summed E-state index contributed by atoms with van der Waals surface area (Å²) in [6.45, 7) is 2.13. The van der Waals surface area contributed by atoms with E-state index < -0.39 is 0 Å². The molecule has 6 heteroatoms. The summed E-state index contributed by atoms with van der Waals surface area (Å²) in [7, 11) is 0. The van der Waals surface area contributed by atoms with E-state index in [1.54, 1.807) is 28.1 Å². The van der Waals surface area contributed by atoms with Crippen molar-refractivity contribution in [2.24, 2.45) is 5.92 Å². The molecule has 3 amide bonds. The third-order valence-electron chi connectivity index (χ3n) is 3.78. The summed E-state index contributed by atoms with van der Waals surface area (Å²) in [5.74, 6) is 0.877. The highest BCUT2D eigenvalue weighted by Gasteiger charge is 2.25. The lowest BCUT2D eigenvalue weighted by Gasteiger charge is -2.34. The molecule has 1 N–H and O–H groups in total. The van der Waals surface area contributed by atoms with Crippen LogP contribution in [-0.4, -0.2) is 47.9 Å². The number of hydrogen-bond donors (Lipinski definition) is 1. The predicted octanol–water partition coefficient (Wildman–Crippen LogP) is 1.67.